The Balaban J connectivity index is 2.08. The monoisotopic (exact) mass is 313 g/mol. The SMILES string of the molecule is Cc1cc(Nc2c(C)cccc2C)nc(NCCCN(C)C)n1. The van der Waals surface area contributed by atoms with Crippen LogP contribution in [0.2, 0.25) is 0 Å². The third-order valence-corrected chi connectivity index (χ3v) is 3.65. The van der Waals surface area contributed by atoms with Crippen molar-refractivity contribution in [2.24, 2.45) is 0 Å². The summed E-state index contributed by atoms with van der Waals surface area (Å²) in [7, 11) is 4.16. The lowest BCUT2D eigenvalue weighted by atomic mass is 10.1. The maximum Gasteiger partial charge on any atom is 0.224 e. The van der Waals surface area contributed by atoms with Gasteiger partial charge in [-0.1, -0.05) is 18.2 Å². The van der Waals surface area contributed by atoms with Gasteiger partial charge in [0.2, 0.25) is 5.95 Å². The summed E-state index contributed by atoms with van der Waals surface area (Å²) in [5, 5.41) is 6.74. The van der Waals surface area contributed by atoms with E-state index < -0.39 is 0 Å². The lowest BCUT2D eigenvalue weighted by Gasteiger charge is -2.14. The van der Waals surface area contributed by atoms with Gasteiger partial charge in [-0.2, -0.15) is 4.98 Å². The maximum atomic E-state index is 4.58. The van der Waals surface area contributed by atoms with E-state index in [1.807, 2.05) is 13.0 Å². The predicted octanol–water partition coefficient (Wildman–Crippen LogP) is 3.51. The lowest BCUT2D eigenvalue weighted by Crippen LogP contribution is -2.17. The van der Waals surface area contributed by atoms with Gasteiger partial charge in [-0.05, 0) is 59.0 Å². The van der Waals surface area contributed by atoms with Crippen molar-refractivity contribution in [3.8, 4) is 0 Å². The molecule has 1 heterocycles. The number of benzene rings is 1. The zero-order chi connectivity index (χ0) is 16.8. The Bertz CT molecular complexity index is 632. The Labute approximate surface area is 139 Å². The van der Waals surface area contributed by atoms with Gasteiger partial charge in [0.05, 0.1) is 0 Å². The predicted molar refractivity (Wildman–Crippen MR) is 97.6 cm³/mol. The highest BCUT2D eigenvalue weighted by Crippen LogP contribution is 2.24. The third kappa shape index (κ3) is 5.21. The first kappa shape index (κ1) is 17.2. The van der Waals surface area contributed by atoms with Crippen molar-refractivity contribution in [1.82, 2.24) is 14.9 Å². The molecule has 0 aliphatic carbocycles. The van der Waals surface area contributed by atoms with Crippen LogP contribution in [0.25, 0.3) is 0 Å². The first-order valence-corrected chi connectivity index (χ1v) is 8.03. The molecule has 0 amide bonds. The van der Waals surface area contributed by atoms with E-state index in [2.05, 4.69) is 71.6 Å². The second-order valence-corrected chi connectivity index (χ2v) is 6.19. The van der Waals surface area contributed by atoms with Crippen molar-refractivity contribution in [2.75, 3.05) is 37.8 Å². The molecule has 0 atom stereocenters. The summed E-state index contributed by atoms with van der Waals surface area (Å²) < 4.78 is 0. The summed E-state index contributed by atoms with van der Waals surface area (Å²) in [4.78, 5) is 11.2. The first-order chi connectivity index (χ1) is 11.0. The number of rotatable bonds is 7. The van der Waals surface area contributed by atoms with E-state index in [9.17, 15) is 0 Å². The van der Waals surface area contributed by atoms with Crippen molar-refractivity contribution >= 4 is 17.5 Å². The topological polar surface area (TPSA) is 53.1 Å². The molecule has 0 fully saturated rings. The van der Waals surface area contributed by atoms with Crippen molar-refractivity contribution in [2.45, 2.75) is 27.2 Å². The van der Waals surface area contributed by atoms with Crippen LogP contribution in [0.15, 0.2) is 24.3 Å². The molecule has 0 spiro atoms. The summed E-state index contributed by atoms with van der Waals surface area (Å²) in [6, 6.07) is 8.24. The zero-order valence-electron chi connectivity index (χ0n) is 14.8. The maximum absolute atomic E-state index is 4.58. The van der Waals surface area contributed by atoms with Crippen LogP contribution in [0.3, 0.4) is 0 Å². The van der Waals surface area contributed by atoms with Crippen LogP contribution in [0.5, 0.6) is 0 Å². The fraction of sp³-hybridized carbons (Fsp3) is 0.444. The van der Waals surface area contributed by atoms with E-state index in [0.717, 1.165) is 36.7 Å². The van der Waals surface area contributed by atoms with Crippen LogP contribution in [-0.4, -0.2) is 42.1 Å². The first-order valence-electron chi connectivity index (χ1n) is 8.03. The average Bonchev–Trinajstić information content (AvgIpc) is 2.47. The molecule has 0 unspecified atom stereocenters. The van der Waals surface area contributed by atoms with Crippen LogP contribution >= 0.6 is 0 Å². The minimum absolute atomic E-state index is 0.678. The Morgan fingerprint density at radius 2 is 1.74 bits per heavy atom. The number of anilines is 3. The van der Waals surface area contributed by atoms with Gasteiger partial charge in [0.1, 0.15) is 5.82 Å². The Morgan fingerprint density at radius 1 is 1.04 bits per heavy atom. The van der Waals surface area contributed by atoms with Gasteiger partial charge in [-0.15, -0.1) is 0 Å². The third-order valence-electron chi connectivity index (χ3n) is 3.65. The smallest absolute Gasteiger partial charge is 0.224 e. The molecule has 5 heteroatoms. The fourth-order valence-corrected chi connectivity index (χ4v) is 2.45. The average molecular weight is 313 g/mol. The van der Waals surface area contributed by atoms with Crippen molar-refractivity contribution in [3.05, 3.63) is 41.1 Å². The molecule has 5 nitrogen and oxygen atoms in total. The van der Waals surface area contributed by atoms with Gasteiger partial charge < -0.3 is 15.5 Å². The number of aryl methyl sites for hydroxylation is 3. The molecule has 23 heavy (non-hydrogen) atoms. The second kappa shape index (κ2) is 7.92. The normalized spacial score (nSPS) is 10.9. The molecule has 1 aromatic carbocycles. The van der Waals surface area contributed by atoms with Crippen LogP contribution in [0, 0.1) is 20.8 Å². The van der Waals surface area contributed by atoms with Crippen LogP contribution in [0.4, 0.5) is 17.5 Å². The van der Waals surface area contributed by atoms with Gasteiger partial charge in [-0.3, -0.25) is 0 Å². The molecule has 2 aromatic rings. The molecule has 0 aliphatic rings. The van der Waals surface area contributed by atoms with E-state index >= 15 is 0 Å². The molecule has 2 N–H and O–H groups in total. The minimum Gasteiger partial charge on any atom is -0.354 e. The van der Waals surface area contributed by atoms with Gasteiger partial charge >= 0.3 is 0 Å². The summed E-state index contributed by atoms with van der Waals surface area (Å²) in [5.41, 5.74) is 4.48. The number of aromatic nitrogens is 2. The standard InChI is InChI=1S/C18H27N5/c1-13-8-6-9-14(2)17(13)21-16-12-15(3)20-18(22-16)19-10-7-11-23(4)5/h6,8-9,12H,7,10-11H2,1-5H3,(H2,19,20,21,22). The zero-order valence-corrected chi connectivity index (χ0v) is 14.8. The summed E-state index contributed by atoms with van der Waals surface area (Å²) >= 11 is 0. The van der Waals surface area contributed by atoms with Gasteiger partial charge in [0, 0.05) is 24.0 Å². The highest BCUT2D eigenvalue weighted by Gasteiger charge is 2.06. The quantitative estimate of drug-likeness (QED) is 0.766. The molecule has 0 radical (unpaired) electrons. The van der Waals surface area contributed by atoms with Gasteiger partial charge in [0.15, 0.2) is 0 Å². The van der Waals surface area contributed by atoms with Gasteiger partial charge in [0.25, 0.3) is 0 Å². The summed E-state index contributed by atoms with van der Waals surface area (Å²) in [5.74, 6) is 1.50. The number of hydrogen-bond donors (Lipinski definition) is 2. The molecular formula is C18H27N5. The highest BCUT2D eigenvalue weighted by molar-refractivity contribution is 5.65. The van der Waals surface area contributed by atoms with E-state index in [1.165, 1.54) is 11.1 Å². The van der Waals surface area contributed by atoms with Gasteiger partial charge in [-0.25, -0.2) is 4.98 Å². The molecule has 2 rings (SSSR count). The molecule has 1 aromatic heterocycles. The van der Waals surface area contributed by atoms with E-state index in [1.54, 1.807) is 0 Å². The second-order valence-electron chi connectivity index (χ2n) is 6.19. The Hall–Kier alpha value is -2.14. The molecule has 124 valence electrons. The van der Waals surface area contributed by atoms with Crippen molar-refractivity contribution in [1.29, 1.82) is 0 Å². The van der Waals surface area contributed by atoms with Crippen molar-refractivity contribution < 1.29 is 0 Å². The van der Waals surface area contributed by atoms with Crippen LogP contribution < -0.4 is 10.6 Å². The summed E-state index contributed by atoms with van der Waals surface area (Å²) in [6.45, 7) is 8.10. The Morgan fingerprint density at radius 3 is 2.39 bits per heavy atom. The summed E-state index contributed by atoms with van der Waals surface area (Å²) in [6.07, 6.45) is 1.06. The molecule has 0 aliphatic heterocycles. The van der Waals surface area contributed by atoms with Crippen molar-refractivity contribution in [3.63, 3.8) is 0 Å². The number of nitrogens with zero attached hydrogens (tertiary/aromatic N) is 3. The van der Waals surface area contributed by atoms with Crippen LogP contribution in [-0.2, 0) is 0 Å². The number of nitrogens with one attached hydrogen (secondary N) is 2. The largest absolute Gasteiger partial charge is 0.354 e. The molecular weight excluding hydrogens is 286 g/mol. The highest BCUT2D eigenvalue weighted by atomic mass is 15.1. The lowest BCUT2D eigenvalue weighted by molar-refractivity contribution is 0.405. The molecule has 0 saturated carbocycles. The fourth-order valence-electron chi connectivity index (χ4n) is 2.45. The number of para-hydroxylation sites is 1. The van der Waals surface area contributed by atoms with E-state index in [4.69, 9.17) is 0 Å². The molecule has 0 saturated heterocycles. The van der Waals surface area contributed by atoms with E-state index in [-0.39, 0.29) is 0 Å². The van der Waals surface area contributed by atoms with E-state index in [0.29, 0.717) is 5.95 Å². The van der Waals surface area contributed by atoms with Crippen LogP contribution in [0.1, 0.15) is 23.2 Å². The molecule has 0 bridgehead atoms. The minimum atomic E-state index is 0.678. The Kier molecular flexibility index (Phi) is 5.93. The number of hydrogen-bond acceptors (Lipinski definition) is 5.